The van der Waals surface area contributed by atoms with Crippen molar-refractivity contribution in [3.05, 3.63) is 70.6 Å². The van der Waals surface area contributed by atoms with Gasteiger partial charge in [0.2, 0.25) is 0 Å². The average Bonchev–Trinajstić information content (AvgIpc) is 2.87. The summed E-state index contributed by atoms with van der Waals surface area (Å²) in [4.78, 5) is 17.6. The largest absolute Gasteiger partial charge is 0.494 e. The number of hydrogen-bond acceptors (Lipinski definition) is 6. The normalized spacial score (nSPS) is 11.2. The predicted molar refractivity (Wildman–Crippen MR) is 132 cm³/mol. The van der Waals surface area contributed by atoms with Crippen LogP contribution < -0.4 is 19.5 Å². The van der Waals surface area contributed by atoms with E-state index in [9.17, 15) is 9.18 Å². The summed E-state index contributed by atoms with van der Waals surface area (Å²) < 4.78 is 29.8. The zero-order valence-corrected chi connectivity index (χ0v) is 20.8. The third-order valence-electron chi connectivity index (χ3n) is 5.43. The second-order valence-corrected chi connectivity index (χ2v) is 8.79. The molecule has 35 heavy (non-hydrogen) atoms. The van der Waals surface area contributed by atoms with Gasteiger partial charge in [0.05, 0.1) is 25.8 Å². The van der Waals surface area contributed by atoms with Crippen molar-refractivity contribution in [1.29, 1.82) is 0 Å². The Labute approximate surface area is 208 Å². The monoisotopic (exact) mass is 502 g/mol. The molecule has 186 valence electrons. The van der Waals surface area contributed by atoms with Gasteiger partial charge < -0.3 is 24.6 Å². The quantitative estimate of drug-likeness (QED) is 0.420. The van der Waals surface area contributed by atoms with Crippen LogP contribution in [0.2, 0.25) is 5.02 Å². The van der Waals surface area contributed by atoms with Crippen LogP contribution in [0.5, 0.6) is 17.2 Å². The van der Waals surface area contributed by atoms with Crippen LogP contribution in [-0.2, 0) is 5.41 Å². The molecule has 0 unspecified atom stereocenters. The average molecular weight is 503 g/mol. The highest BCUT2D eigenvalue weighted by atomic mass is 35.5. The van der Waals surface area contributed by atoms with E-state index in [2.05, 4.69) is 5.32 Å². The Morgan fingerprint density at radius 3 is 2.43 bits per heavy atom. The standard InChI is InChI=1S/C26H28ClFN2O5/c1-26(2,15-29-25(32)17-6-8-20(35-12-11-31)22(14-17)34-4)23-10-9-21(33-3)24(30-23)16-5-7-19(28)18(27)13-16/h5-10,13-14,31H,11-12,15H2,1-4H3,(H,29,32). The summed E-state index contributed by atoms with van der Waals surface area (Å²) in [6, 6.07) is 12.8. The van der Waals surface area contributed by atoms with Gasteiger partial charge in [-0.15, -0.1) is 0 Å². The molecule has 0 spiro atoms. The minimum absolute atomic E-state index is 0.00788. The van der Waals surface area contributed by atoms with Gasteiger partial charge in [-0.2, -0.15) is 0 Å². The van der Waals surface area contributed by atoms with Gasteiger partial charge in [0.25, 0.3) is 5.91 Å². The number of halogens is 2. The van der Waals surface area contributed by atoms with Gasteiger partial charge in [-0.1, -0.05) is 25.4 Å². The predicted octanol–water partition coefficient (Wildman–Crippen LogP) is 4.64. The molecule has 9 heteroatoms. The number of carbonyl (C=O) groups is 1. The molecule has 1 aromatic heterocycles. The second kappa shape index (κ2) is 11.4. The Hall–Kier alpha value is -3.36. The number of methoxy groups -OCH3 is 2. The lowest BCUT2D eigenvalue weighted by atomic mass is 9.88. The number of nitrogens with one attached hydrogen (secondary N) is 1. The van der Waals surface area contributed by atoms with Gasteiger partial charge in [-0.3, -0.25) is 4.79 Å². The minimum atomic E-state index is -0.547. The summed E-state index contributed by atoms with van der Waals surface area (Å²) in [5.41, 5.74) is 1.70. The Bertz CT molecular complexity index is 1200. The Kier molecular flexibility index (Phi) is 8.53. The molecule has 0 radical (unpaired) electrons. The number of amides is 1. The summed E-state index contributed by atoms with van der Waals surface area (Å²) >= 11 is 5.97. The van der Waals surface area contributed by atoms with E-state index in [1.165, 1.54) is 26.4 Å². The molecule has 0 aliphatic rings. The van der Waals surface area contributed by atoms with Crippen molar-refractivity contribution < 1.29 is 28.5 Å². The zero-order valence-electron chi connectivity index (χ0n) is 20.0. The van der Waals surface area contributed by atoms with Crippen molar-refractivity contribution in [3.8, 4) is 28.5 Å². The van der Waals surface area contributed by atoms with Gasteiger partial charge in [-0.05, 0) is 48.5 Å². The number of nitrogens with zero attached hydrogens (tertiary/aromatic N) is 1. The number of ether oxygens (including phenoxy) is 3. The second-order valence-electron chi connectivity index (χ2n) is 8.38. The summed E-state index contributed by atoms with van der Waals surface area (Å²) in [6.07, 6.45) is 0. The molecular formula is C26H28ClFN2O5. The number of hydrogen-bond donors (Lipinski definition) is 2. The summed E-state index contributed by atoms with van der Waals surface area (Å²) in [5.74, 6) is 0.549. The molecule has 2 aromatic carbocycles. The lowest BCUT2D eigenvalue weighted by Gasteiger charge is -2.26. The molecule has 0 aliphatic carbocycles. The van der Waals surface area contributed by atoms with Crippen LogP contribution in [0.15, 0.2) is 48.5 Å². The van der Waals surface area contributed by atoms with Gasteiger partial charge in [0, 0.05) is 28.8 Å². The fraction of sp³-hybridized carbons (Fsp3) is 0.308. The number of aromatic nitrogens is 1. The van der Waals surface area contributed by atoms with Crippen molar-refractivity contribution >= 4 is 17.5 Å². The van der Waals surface area contributed by atoms with Gasteiger partial charge in [0.1, 0.15) is 23.9 Å². The fourth-order valence-electron chi connectivity index (χ4n) is 3.42. The van der Waals surface area contributed by atoms with Gasteiger partial charge >= 0.3 is 0 Å². The first kappa shape index (κ1) is 26.2. The Morgan fingerprint density at radius 1 is 1.06 bits per heavy atom. The van der Waals surface area contributed by atoms with Crippen molar-refractivity contribution in [2.45, 2.75) is 19.3 Å². The van der Waals surface area contributed by atoms with E-state index in [-0.39, 0.29) is 24.1 Å². The molecule has 0 aliphatic heterocycles. The van der Waals surface area contributed by atoms with E-state index in [1.54, 1.807) is 30.3 Å². The number of benzene rings is 2. The highest BCUT2D eigenvalue weighted by Gasteiger charge is 2.25. The van der Waals surface area contributed by atoms with E-state index in [0.717, 1.165) is 0 Å². The maximum Gasteiger partial charge on any atom is 0.251 e. The molecule has 0 bridgehead atoms. The Balaban J connectivity index is 1.80. The molecule has 3 aromatic rings. The highest BCUT2D eigenvalue weighted by Crippen LogP contribution is 2.33. The van der Waals surface area contributed by atoms with Crippen LogP contribution in [0.25, 0.3) is 11.3 Å². The van der Waals surface area contributed by atoms with Crippen molar-refractivity contribution in [2.24, 2.45) is 0 Å². The summed E-state index contributed by atoms with van der Waals surface area (Å²) in [6.45, 7) is 4.19. The maximum atomic E-state index is 13.7. The van der Waals surface area contributed by atoms with Crippen LogP contribution in [0, 0.1) is 5.82 Å². The van der Waals surface area contributed by atoms with Crippen molar-refractivity contribution in [1.82, 2.24) is 10.3 Å². The van der Waals surface area contributed by atoms with Crippen LogP contribution >= 0.6 is 11.6 Å². The molecule has 2 N–H and O–H groups in total. The van der Waals surface area contributed by atoms with E-state index in [4.69, 9.17) is 35.9 Å². The first-order chi connectivity index (χ1) is 16.7. The zero-order chi connectivity index (χ0) is 25.6. The van der Waals surface area contributed by atoms with E-state index in [1.807, 2.05) is 19.9 Å². The van der Waals surface area contributed by atoms with Crippen LogP contribution in [-0.4, -0.2) is 50.0 Å². The Morgan fingerprint density at radius 2 is 1.77 bits per heavy atom. The molecule has 1 heterocycles. The highest BCUT2D eigenvalue weighted by molar-refractivity contribution is 6.31. The smallest absolute Gasteiger partial charge is 0.251 e. The number of aliphatic hydroxyl groups is 1. The number of aliphatic hydroxyl groups excluding tert-OH is 1. The molecule has 1 amide bonds. The molecule has 0 fully saturated rings. The van der Waals surface area contributed by atoms with Crippen LogP contribution in [0.4, 0.5) is 4.39 Å². The van der Waals surface area contributed by atoms with Crippen LogP contribution in [0.3, 0.4) is 0 Å². The summed E-state index contributed by atoms with van der Waals surface area (Å²) in [5, 5.41) is 11.9. The lowest BCUT2D eigenvalue weighted by molar-refractivity contribution is 0.0945. The minimum Gasteiger partial charge on any atom is -0.494 e. The molecule has 0 atom stereocenters. The van der Waals surface area contributed by atoms with Gasteiger partial charge in [0.15, 0.2) is 11.5 Å². The third-order valence-corrected chi connectivity index (χ3v) is 5.72. The molecule has 0 saturated carbocycles. The van der Waals surface area contributed by atoms with E-state index >= 15 is 0 Å². The van der Waals surface area contributed by atoms with Gasteiger partial charge in [-0.25, -0.2) is 9.37 Å². The first-order valence-corrected chi connectivity index (χ1v) is 11.3. The van der Waals surface area contributed by atoms with E-state index in [0.29, 0.717) is 46.3 Å². The van der Waals surface area contributed by atoms with Crippen molar-refractivity contribution in [2.75, 3.05) is 34.0 Å². The fourth-order valence-corrected chi connectivity index (χ4v) is 3.60. The topological polar surface area (TPSA) is 89.9 Å². The van der Waals surface area contributed by atoms with E-state index < -0.39 is 11.2 Å². The number of carbonyl (C=O) groups excluding carboxylic acids is 1. The third kappa shape index (κ3) is 6.21. The SMILES string of the molecule is COc1cc(C(=O)NCC(C)(C)c2ccc(OC)c(-c3ccc(F)c(Cl)c3)n2)ccc1OCCO. The number of rotatable bonds is 10. The summed E-state index contributed by atoms with van der Waals surface area (Å²) in [7, 11) is 3.01. The van der Waals surface area contributed by atoms with Crippen molar-refractivity contribution in [3.63, 3.8) is 0 Å². The van der Waals surface area contributed by atoms with Crippen LogP contribution in [0.1, 0.15) is 29.9 Å². The molecule has 3 rings (SSSR count). The molecule has 0 saturated heterocycles. The first-order valence-electron chi connectivity index (χ1n) is 10.9. The lowest BCUT2D eigenvalue weighted by Crippen LogP contribution is -2.37. The molecular weight excluding hydrogens is 475 g/mol. The molecule has 7 nitrogen and oxygen atoms in total. The number of pyridine rings is 1. The maximum absolute atomic E-state index is 13.7.